The van der Waals surface area contributed by atoms with Crippen molar-refractivity contribution in [2.45, 2.75) is 5.51 Å². The third-order valence-corrected chi connectivity index (χ3v) is 1.93. The van der Waals surface area contributed by atoms with Crippen molar-refractivity contribution in [3.05, 3.63) is 0 Å². The maximum absolute atomic E-state index is 10.9. The van der Waals surface area contributed by atoms with Crippen molar-refractivity contribution >= 4 is 23.1 Å². The van der Waals surface area contributed by atoms with Crippen molar-refractivity contribution in [3.63, 3.8) is 0 Å². The first kappa shape index (κ1) is 8.22. The van der Waals surface area contributed by atoms with Crippen LogP contribution in [0.4, 0.5) is 13.2 Å². The second-order valence-electron chi connectivity index (χ2n) is 0.884. The van der Waals surface area contributed by atoms with Crippen molar-refractivity contribution in [3.8, 4) is 0 Å². The summed E-state index contributed by atoms with van der Waals surface area (Å²) in [6.07, 6.45) is 0. The summed E-state index contributed by atoms with van der Waals surface area (Å²) in [5.41, 5.74) is -5.17. The van der Waals surface area contributed by atoms with Crippen LogP contribution in [-0.4, -0.2) is 13.9 Å². The van der Waals surface area contributed by atoms with Crippen LogP contribution >= 0.6 is 14.8 Å². The summed E-state index contributed by atoms with van der Waals surface area (Å²) in [6, 6.07) is 0. The molecule has 0 aromatic heterocycles. The van der Waals surface area contributed by atoms with Gasteiger partial charge in [0.25, 0.3) is 0 Å². The molecule has 0 spiro atoms. The molecule has 0 aromatic carbocycles. The molecule has 0 atom stereocenters. The Morgan fingerprint density at radius 1 is 1.25 bits per heavy atom. The highest BCUT2D eigenvalue weighted by Gasteiger charge is 2.43. The molecule has 0 heterocycles. The molecule has 8 heavy (non-hydrogen) atoms. The van der Waals surface area contributed by atoms with Gasteiger partial charge in [-0.2, -0.15) is 13.2 Å². The van der Waals surface area contributed by atoms with Gasteiger partial charge in [0.05, 0.1) is 14.8 Å². The number of rotatable bonds is 0. The summed E-state index contributed by atoms with van der Waals surface area (Å²) in [4.78, 5) is 0. The first-order valence-electron chi connectivity index (χ1n) is 1.26. The Kier molecular flexibility index (Phi) is 1.92. The molecule has 0 aliphatic rings. The minimum absolute atomic E-state index is 1.45. The first-order valence-corrected chi connectivity index (χ1v) is 4.58. The van der Waals surface area contributed by atoms with Crippen molar-refractivity contribution in [1.82, 2.24) is 0 Å². The number of hydrogen-bond acceptors (Lipinski definition) is 2. The Morgan fingerprint density at radius 2 is 1.38 bits per heavy atom. The fraction of sp³-hybridized carbons (Fsp3) is 1.00. The van der Waals surface area contributed by atoms with Gasteiger partial charge in [-0.05, 0) is 0 Å². The minimum Gasteiger partial charge on any atom is -0.208 e. The van der Waals surface area contributed by atoms with E-state index in [0.29, 0.717) is 0 Å². The Hall–Kier alpha value is 0.220. The molecule has 0 amide bonds. The summed E-state index contributed by atoms with van der Waals surface area (Å²) in [5, 5.41) is 0. The van der Waals surface area contributed by atoms with Gasteiger partial charge < -0.3 is 0 Å². The van der Waals surface area contributed by atoms with E-state index in [2.05, 4.69) is 0 Å². The Bertz CT molecular complexity index is 166. The largest absolute Gasteiger partial charge is 0.507 e. The summed E-state index contributed by atoms with van der Waals surface area (Å²) in [6.45, 7) is 0. The molecule has 0 saturated carbocycles. The number of alkyl halides is 3. The second-order valence-corrected chi connectivity index (χ2v) is 4.78. The Morgan fingerprint density at radius 3 is 1.38 bits per heavy atom. The van der Waals surface area contributed by atoms with Gasteiger partial charge in [0.15, 0.2) is 0 Å². The lowest BCUT2D eigenvalue weighted by Crippen LogP contribution is -2.15. The van der Waals surface area contributed by atoms with E-state index in [1.807, 2.05) is 0 Å². The van der Waals surface area contributed by atoms with E-state index in [-0.39, 0.29) is 0 Å². The van der Waals surface area contributed by atoms with E-state index >= 15 is 0 Å². The molecule has 0 unspecified atom stereocenters. The molecular formula is CBrF3O2S. The average molecular weight is 213 g/mol. The van der Waals surface area contributed by atoms with Crippen molar-refractivity contribution < 1.29 is 21.6 Å². The average Bonchev–Trinajstić information content (AvgIpc) is 1.25. The molecule has 2 nitrogen and oxygen atoms in total. The van der Waals surface area contributed by atoms with Crippen LogP contribution in [0.5, 0.6) is 0 Å². The highest BCUT2D eigenvalue weighted by Crippen LogP contribution is 2.27. The van der Waals surface area contributed by atoms with Gasteiger partial charge in [-0.1, -0.05) is 0 Å². The minimum atomic E-state index is -5.17. The third-order valence-electron chi connectivity index (χ3n) is 0.276. The molecule has 0 radical (unpaired) electrons. The smallest absolute Gasteiger partial charge is 0.208 e. The molecule has 50 valence electrons. The zero-order valence-corrected chi connectivity index (χ0v) is 5.64. The van der Waals surface area contributed by atoms with Gasteiger partial charge in [-0.3, -0.25) is 0 Å². The maximum atomic E-state index is 10.9. The van der Waals surface area contributed by atoms with Crippen molar-refractivity contribution in [2.75, 3.05) is 0 Å². The van der Waals surface area contributed by atoms with E-state index in [0.717, 1.165) is 0 Å². The monoisotopic (exact) mass is 212 g/mol. The van der Waals surface area contributed by atoms with E-state index in [1.54, 1.807) is 0 Å². The third kappa shape index (κ3) is 1.99. The zero-order valence-electron chi connectivity index (χ0n) is 3.24. The lowest BCUT2D eigenvalue weighted by Gasteiger charge is -1.97. The topological polar surface area (TPSA) is 34.1 Å². The zero-order chi connectivity index (χ0) is 7.00. The highest BCUT2D eigenvalue weighted by atomic mass is 79.9. The van der Waals surface area contributed by atoms with Gasteiger partial charge in [-0.15, -0.1) is 0 Å². The standard InChI is InChI=1S/CBrF3O2S/c2-8(6,7)1(3,4)5. The number of halogens is 4. The van der Waals surface area contributed by atoms with E-state index in [9.17, 15) is 21.6 Å². The fourth-order valence-corrected chi connectivity index (χ4v) is 0. The molecule has 0 aromatic rings. The van der Waals surface area contributed by atoms with Crippen LogP contribution in [0.2, 0.25) is 0 Å². The van der Waals surface area contributed by atoms with Crippen LogP contribution in [0, 0.1) is 0 Å². The molecule has 0 aliphatic carbocycles. The fourth-order valence-electron chi connectivity index (χ4n) is 0. The summed E-state index contributed by atoms with van der Waals surface area (Å²) in [5.74, 6) is 0. The normalized spacial score (nSPS) is 14.0. The highest BCUT2D eigenvalue weighted by molar-refractivity contribution is 9.47. The van der Waals surface area contributed by atoms with Crippen LogP contribution in [0.25, 0.3) is 0 Å². The Balaban J connectivity index is 4.53. The summed E-state index contributed by atoms with van der Waals surface area (Å²) in [7, 11) is -5.03. The van der Waals surface area contributed by atoms with Gasteiger partial charge >= 0.3 is 13.8 Å². The van der Waals surface area contributed by atoms with E-state index in [4.69, 9.17) is 0 Å². The molecule has 0 N–H and O–H groups in total. The SMILES string of the molecule is O=S(=O)(Br)C(F)(F)F. The van der Waals surface area contributed by atoms with Gasteiger partial charge in [0.2, 0.25) is 0 Å². The molecule has 7 heteroatoms. The van der Waals surface area contributed by atoms with Crippen molar-refractivity contribution in [2.24, 2.45) is 0 Å². The van der Waals surface area contributed by atoms with Gasteiger partial charge in [0, 0.05) is 0 Å². The van der Waals surface area contributed by atoms with Crippen LogP contribution in [0.1, 0.15) is 0 Å². The molecule has 0 rings (SSSR count). The molecule has 0 saturated heterocycles. The predicted molar refractivity (Wildman–Crippen MR) is 23.9 cm³/mol. The first-order chi connectivity index (χ1) is 3.25. The van der Waals surface area contributed by atoms with E-state index < -0.39 is 13.8 Å². The van der Waals surface area contributed by atoms with Gasteiger partial charge in [-0.25, -0.2) is 8.42 Å². The second kappa shape index (κ2) is 1.87. The lowest BCUT2D eigenvalue weighted by atomic mass is 11.6. The molecule has 0 fully saturated rings. The van der Waals surface area contributed by atoms with E-state index in [1.165, 1.54) is 14.8 Å². The Labute approximate surface area is 50.8 Å². The van der Waals surface area contributed by atoms with Crippen LogP contribution < -0.4 is 0 Å². The molecular weight excluding hydrogens is 213 g/mol. The predicted octanol–water partition coefficient (Wildman–Crippen LogP) is 1.23. The molecule has 0 bridgehead atoms. The lowest BCUT2D eigenvalue weighted by molar-refractivity contribution is -0.0408. The van der Waals surface area contributed by atoms with Crippen LogP contribution in [0.3, 0.4) is 0 Å². The van der Waals surface area contributed by atoms with Crippen LogP contribution in [-0.2, 0) is 8.27 Å². The van der Waals surface area contributed by atoms with Gasteiger partial charge in [0.1, 0.15) is 0 Å². The van der Waals surface area contributed by atoms with Crippen molar-refractivity contribution in [1.29, 1.82) is 0 Å². The summed E-state index contributed by atoms with van der Waals surface area (Å²) < 4.78 is 51.7. The summed E-state index contributed by atoms with van der Waals surface area (Å²) >= 11 is 1.45. The van der Waals surface area contributed by atoms with Crippen LogP contribution in [0.15, 0.2) is 0 Å². The number of hydrogen-bond donors (Lipinski definition) is 0. The molecule has 0 aliphatic heterocycles. The quantitative estimate of drug-likeness (QED) is 0.567. The maximum Gasteiger partial charge on any atom is 0.507 e.